The van der Waals surface area contributed by atoms with E-state index in [1.54, 1.807) is 18.5 Å². The summed E-state index contributed by atoms with van der Waals surface area (Å²) in [7, 11) is 0. The molecule has 22 heavy (non-hydrogen) atoms. The first kappa shape index (κ1) is 14.6. The van der Waals surface area contributed by atoms with E-state index in [-0.39, 0.29) is 11.9 Å². The number of carbonyl (C=O) groups is 1. The molecule has 0 saturated heterocycles. The fourth-order valence-corrected chi connectivity index (χ4v) is 2.96. The highest BCUT2D eigenvalue weighted by molar-refractivity contribution is 5.95. The molecule has 0 radical (unpaired) electrons. The van der Waals surface area contributed by atoms with Crippen molar-refractivity contribution in [3.63, 3.8) is 0 Å². The predicted octanol–water partition coefficient (Wildman–Crippen LogP) is 2.55. The monoisotopic (exact) mass is 296 g/mol. The molecule has 0 fully saturated rings. The smallest absolute Gasteiger partial charge is 0.252 e. The number of aryl methyl sites for hydroxylation is 3. The molecule has 1 atom stereocenters. The summed E-state index contributed by atoms with van der Waals surface area (Å²) < 4.78 is 0. The Morgan fingerprint density at radius 3 is 3.09 bits per heavy atom. The van der Waals surface area contributed by atoms with Crippen molar-refractivity contribution in [2.75, 3.05) is 0 Å². The Kier molecular flexibility index (Phi) is 4.13. The molecule has 2 heterocycles. The first-order valence-corrected chi connectivity index (χ1v) is 7.75. The van der Waals surface area contributed by atoms with Crippen molar-refractivity contribution in [2.24, 2.45) is 0 Å². The van der Waals surface area contributed by atoms with Crippen LogP contribution in [0.4, 0.5) is 0 Å². The van der Waals surface area contributed by atoms with Crippen LogP contribution in [0.1, 0.15) is 58.8 Å². The predicted molar refractivity (Wildman–Crippen MR) is 83.5 cm³/mol. The van der Waals surface area contributed by atoms with Crippen LogP contribution in [-0.4, -0.2) is 20.9 Å². The third kappa shape index (κ3) is 2.84. The van der Waals surface area contributed by atoms with E-state index in [1.165, 1.54) is 0 Å². The first-order valence-electron chi connectivity index (χ1n) is 7.75. The summed E-state index contributed by atoms with van der Waals surface area (Å²) in [5.41, 5.74) is 3.79. The summed E-state index contributed by atoms with van der Waals surface area (Å²) in [6.07, 6.45) is 8.99. The van der Waals surface area contributed by atoms with Gasteiger partial charge in [0.1, 0.15) is 5.82 Å². The van der Waals surface area contributed by atoms with Gasteiger partial charge in [-0.25, -0.2) is 9.97 Å². The molecule has 0 aliphatic heterocycles. The molecule has 1 amide bonds. The maximum absolute atomic E-state index is 12.6. The Morgan fingerprint density at radius 2 is 2.27 bits per heavy atom. The fourth-order valence-electron chi connectivity index (χ4n) is 2.96. The molecule has 0 saturated carbocycles. The van der Waals surface area contributed by atoms with Gasteiger partial charge in [0.15, 0.2) is 0 Å². The van der Waals surface area contributed by atoms with Gasteiger partial charge < -0.3 is 5.32 Å². The van der Waals surface area contributed by atoms with E-state index in [2.05, 4.69) is 20.3 Å². The lowest BCUT2D eigenvalue weighted by molar-refractivity contribution is 0.0931. The van der Waals surface area contributed by atoms with E-state index in [0.29, 0.717) is 5.56 Å². The molecule has 3 rings (SSSR count). The van der Waals surface area contributed by atoms with E-state index < -0.39 is 0 Å². The minimum Gasteiger partial charge on any atom is -0.345 e. The van der Waals surface area contributed by atoms with Crippen LogP contribution in [0.25, 0.3) is 0 Å². The van der Waals surface area contributed by atoms with Crippen LogP contribution in [0.5, 0.6) is 0 Å². The average molecular weight is 296 g/mol. The van der Waals surface area contributed by atoms with Gasteiger partial charge >= 0.3 is 0 Å². The van der Waals surface area contributed by atoms with Gasteiger partial charge in [-0.1, -0.05) is 6.92 Å². The molecule has 0 bridgehead atoms. The minimum absolute atomic E-state index is 0.00489. The Morgan fingerprint density at radius 1 is 1.41 bits per heavy atom. The van der Waals surface area contributed by atoms with Gasteiger partial charge in [0.2, 0.25) is 0 Å². The van der Waals surface area contributed by atoms with Crippen LogP contribution in [0.3, 0.4) is 0 Å². The van der Waals surface area contributed by atoms with Crippen LogP contribution in [-0.2, 0) is 12.8 Å². The number of aromatic nitrogens is 3. The third-order valence-electron chi connectivity index (χ3n) is 4.14. The number of nitrogens with zero attached hydrogens (tertiary/aromatic N) is 3. The SMILES string of the molecule is CCc1cnccc1C(=O)N[C@H]1CCCc2nc(C)ncc21. The second-order valence-electron chi connectivity index (χ2n) is 5.62. The Labute approximate surface area is 130 Å². The van der Waals surface area contributed by atoms with Crippen molar-refractivity contribution in [3.05, 3.63) is 52.9 Å². The number of carbonyl (C=O) groups excluding carboxylic acids is 1. The van der Waals surface area contributed by atoms with Crippen LogP contribution in [0, 0.1) is 6.92 Å². The molecular formula is C17H20N4O. The summed E-state index contributed by atoms with van der Waals surface area (Å²) in [6.45, 7) is 3.92. The average Bonchev–Trinajstić information content (AvgIpc) is 2.54. The van der Waals surface area contributed by atoms with Gasteiger partial charge in [-0.2, -0.15) is 0 Å². The Balaban J connectivity index is 1.84. The van der Waals surface area contributed by atoms with Crippen molar-refractivity contribution in [2.45, 2.75) is 45.6 Å². The quantitative estimate of drug-likeness (QED) is 0.945. The molecule has 5 heteroatoms. The molecule has 114 valence electrons. The maximum Gasteiger partial charge on any atom is 0.252 e. The van der Waals surface area contributed by atoms with E-state index >= 15 is 0 Å². The molecule has 1 aliphatic carbocycles. The number of rotatable bonds is 3. The molecule has 1 aliphatic rings. The zero-order valence-electron chi connectivity index (χ0n) is 13.0. The fraction of sp³-hybridized carbons (Fsp3) is 0.412. The highest BCUT2D eigenvalue weighted by Gasteiger charge is 2.24. The Bertz CT molecular complexity index is 699. The lowest BCUT2D eigenvalue weighted by Gasteiger charge is -2.25. The number of pyridine rings is 1. The van der Waals surface area contributed by atoms with Gasteiger partial charge in [0, 0.05) is 35.4 Å². The summed E-state index contributed by atoms with van der Waals surface area (Å²) in [6, 6.07) is 1.78. The first-order chi connectivity index (χ1) is 10.7. The molecule has 1 N–H and O–H groups in total. The summed E-state index contributed by atoms with van der Waals surface area (Å²) >= 11 is 0. The second kappa shape index (κ2) is 6.22. The zero-order chi connectivity index (χ0) is 15.5. The van der Waals surface area contributed by atoms with Gasteiger partial charge in [-0.3, -0.25) is 9.78 Å². The van der Waals surface area contributed by atoms with Crippen molar-refractivity contribution in [1.29, 1.82) is 0 Å². The largest absolute Gasteiger partial charge is 0.345 e. The molecule has 0 unspecified atom stereocenters. The molecule has 2 aromatic heterocycles. The molecule has 2 aromatic rings. The highest BCUT2D eigenvalue weighted by Crippen LogP contribution is 2.28. The number of fused-ring (bicyclic) bond motifs is 1. The van der Waals surface area contributed by atoms with Gasteiger partial charge in [0.05, 0.1) is 6.04 Å². The van der Waals surface area contributed by atoms with E-state index in [9.17, 15) is 4.79 Å². The van der Waals surface area contributed by atoms with Crippen LogP contribution < -0.4 is 5.32 Å². The van der Waals surface area contributed by atoms with E-state index in [0.717, 1.165) is 48.3 Å². The van der Waals surface area contributed by atoms with Gasteiger partial charge in [-0.05, 0) is 44.2 Å². The Hall–Kier alpha value is -2.30. The van der Waals surface area contributed by atoms with Crippen LogP contribution in [0.2, 0.25) is 0 Å². The highest BCUT2D eigenvalue weighted by atomic mass is 16.1. The second-order valence-corrected chi connectivity index (χ2v) is 5.62. The number of amides is 1. The van der Waals surface area contributed by atoms with E-state index in [4.69, 9.17) is 0 Å². The topological polar surface area (TPSA) is 67.8 Å². The zero-order valence-corrected chi connectivity index (χ0v) is 13.0. The number of nitrogens with one attached hydrogen (secondary N) is 1. The number of hydrogen-bond donors (Lipinski definition) is 1. The van der Waals surface area contributed by atoms with Crippen LogP contribution >= 0.6 is 0 Å². The standard InChI is InChI=1S/C17H20N4O/c1-3-12-9-18-8-7-13(12)17(22)21-16-6-4-5-15-14(16)10-19-11(2)20-15/h7-10,16H,3-6H2,1-2H3,(H,21,22)/t16-/m0/s1. The minimum atomic E-state index is -0.0438. The maximum atomic E-state index is 12.6. The van der Waals surface area contributed by atoms with Gasteiger partial charge in [0.25, 0.3) is 5.91 Å². The lowest BCUT2D eigenvalue weighted by Crippen LogP contribution is -2.32. The lowest BCUT2D eigenvalue weighted by atomic mass is 9.92. The summed E-state index contributed by atoms with van der Waals surface area (Å²) in [5, 5.41) is 3.14. The molecule has 0 aromatic carbocycles. The summed E-state index contributed by atoms with van der Waals surface area (Å²) in [4.78, 5) is 25.5. The third-order valence-corrected chi connectivity index (χ3v) is 4.14. The van der Waals surface area contributed by atoms with Crippen molar-refractivity contribution in [3.8, 4) is 0 Å². The van der Waals surface area contributed by atoms with Crippen molar-refractivity contribution >= 4 is 5.91 Å². The molecule has 0 spiro atoms. The molecular weight excluding hydrogens is 276 g/mol. The molecule has 5 nitrogen and oxygen atoms in total. The van der Waals surface area contributed by atoms with Crippen LogP contribution in [0.15, 0.2) is 24.7 Å². The normalized spacial score (nSPS) is 16.9. The van der Waals surface area contributed by atoms with E-state index in [1.807, 2.05) is 20.0 Å². The number of hydrogen-bond acceptors (Lipinski definition) is 4. The van der Waals surface area contributed by atoms with Crippen molar-refractivity contribution in [1.82, 2.24) is 20.3 Å². The van der Waals surface area contributed by atoms with Crippen molar-refractivity contribution < 1.29 is 4.79 Å². The van der Waals surface area contributed by atoms with Gasteiger partial charge in [-0.15, -0.1) is 0 Å². The summed E-state index contributed by atoms with van der Waals surface area (Å²) in [5.74, 6) is 0.741.